The summed E-state index contributed by atoms with van der Waals surface area (Å²) < 4.78 is 2.12. The van der Waals surface area contributed by atoms with Gasteiger partial charge in [-0.3, -0.25) is 0 Å². The first kappa shape index (κ1) is 12.0. The number of carbonyl (C=O) groups is 1. The van der Waals surface area contributed by atoms with Crippen LogP contribution in [0.1, 0.15) is 39.3 Å². The van der Waals surface area contributed by atoms with E-state index in [-0.39, 0.29) is 0 Å². The minimum Gasteiger partial charge on any atom is -0.478 e. The van der Waals surface area contributed by atoms with Crippen molar-refractivity contribution in [3.63, 3.8) is 0 Å². The number of aryl methyl sites for hydroxylation is 1. The Kier molecular flexibility index (Phi) is 2.70. The second-order valence-corrected chi connectivity index (χ2v) is 5.22. The van der Waals surface area contributed by atoms with E-state index < -0.39 is 5.97 Å². The van der Waals surface area contributed by atoms with Crippen LogP contribution in [0.15, 0.2) is 24.3 Å². The molecule has 0 bridgehead atoms. The molecule has 0 spiro atoms. The van der Waals surface area contributed by atoms with Gasteiger partial charge in [-0.2, -0.15) is 0 Å². The molecule has 2 aromatic rings. The van der Waals surface area contributed by atoms with Crippen molar-refractivity contribution >= 4 is 5.97 Å². The lowest BCUT2D eigenvalue weighted by Gasteiger charge is -2.11. The number of benzene rings is 1. The molecule has 0 amide bonds. The monoisotopic (exact) mass is 255 g/mol. The SMILES string of the molecule is Cc1ccc(-n2c(C)c(C(=O)O)c3c2CCC3)cc1. The average molecular weight is 255 g/mol. The van der Waals surface area contributed by atoms with E-state index in [0.717, 1.165) is 36.2 Å². The Morgan fingerprint density at radius 3 is 2.47 bits per heavy atom. The van der Waals surface area contributed by atoms with E-state index in [1.54, 1.807) is 0 Å². The molecule has 1 aliphatic rings. The summed E-state index contributed by atoms with van der Waals surface area (Å²) in [7, 11) is 0. The first-order valence-electron chi connectivity index (χ1n) is 6.63. The maximum atomic E-state index is 11.5. The van der Waals surface area contributed by atoms with Crippen molar-refractivity contribution in [2.75, 3.05) is 0 Å². The van der Waals surface area contributed by atoms with Crippen LogP contribution in [0.25, 0.3) is 5.69 Å². The van der Waals surface area contributed by atoms with E-state index in [0.29, 0.717) is 5.56 Å². The van der Waals surface area contributed by atoms with Crippen LogP contribution in [0.2, 0.25) is 0 Å². The number of carboxylic acids is 1. The molecular formula is C16H17NO2. The van der Waals surface area contributed by atoms with E-state index in [9.17, 15) is 9.90 Å². The Bertz CT molecular complexity index is 650. The normalized spacial score (nSPS) is 13.6. The van der Waals surface area contributed by atoms with Crippen molar-refractivity contribution in [3.8, 4) is 5.69 Å². The van der Waals surface area contributed by atoms with E-state index >= 15 is 0 Å². The fourth-order valence-electron chi connectivity index (χ4n) is 3.10. The van der Waals surface area contributed by atoms with Crippen molar-refractivity contribution in [1.82, 2.24) is 4.57 Å². The van der Waals surface area contributed by atoms with Gasteiger partial charge in [-0.1, -0.05) is 17.7 Å². The lowest BCUT2D eigenvalue weighted by Crippen LogP contribution is -2.04. The molecule has 19 heavy (non-hydrogen) atoms. The molecule has 1 aromatic heterocycles. The van der Waals surface area contributed by atoms with Gasteiger partial charge in [-0.05, 0) is 50.8 Å². The quantitative estimate of drug-likeness (QED) is 0.894. The number of hydrogen-bond acceptors (Lipinski definition) is 1. The van der Waals surface area contributed by atoms with Gasteiger partial charge >= 0.3 is 5.97 Å². The molecule has 1 heterocycles. The van der Waals surface area contributed by atoms with E-state index in [4.69, 9.17) is 0 Å². The molecule has 0 aliphatic heterocycles. The zero-order valence-corrected chi connectivity index (χ0v) is 11.2. The number of carboxylic acid groups (broad SMARTS) is 1. The number of hydrogen-bond donors (Lipinski definition) is 1. The van der Waals surface area contributed by atoms with Crippen LogP contribution < -0.4 is 0 Å². The molecule has 98 valence electrons. The van der Waals surface area contributed by atoms with Gasteiger partial charge in [0.05, 0.1) is 5.56 Å². The van der Waals surface area contributed by atoms with Gasteiger partial charge in [0.25, 0.3) is 0 Å². The summed E-state index contributed by atoms with van der Waals surface area (Å²) in [6.07, 6.45) is 2.91. The highest BCUT2D eigenvalue weighted by Crippen LogP contribution is 2.33. The highest BCUT2D eigenvalue weighted by atomic mass is 16.4. The van der Waals surface area contributed by atoms with Crippen molar-refractivity contribution < 1.29 is 9.90 Å². The van der Waals surface area contributed by atoms with Crippen molar-refractivity contribution in [2.24, 2.45) is 0 Å². The predicted molar refractivity (Wildman–Crippen MR) is 74.2 cm³/mol. The Labute approximate surface area is 112 Å². The van der Waals surface area contributed by atoms with Gasteiger partial charge in [0, 0.05) is 17.1 Å². The first-order valence-corrected chi connectivity index (χ1v) is 6.63. The Morgan fingerprint density at radius 2 is 1.84 bits per heavy atom. The molecular weight excluding hydrogens is 238 g/mol. The molecule has 1 N–H and O–H groups in total. The number of fused-ring (bicyclic) bond motifs is 1. The number of aromatic carboxylic acids is 1. The maximum absolute atomic E-state index is 11.5. The highest BCUT2D eigenvalue weighted by molar-refractivity contribution is 5.92. The minimum atomic E-state index is -0.804. The molecule has 0 unspecified atom stereocenters. The molecule has 1 aliphatic carbocycles. The maximum Gasteiger partial charge on any atom is 0.337 e. The first-order chi connectivity index (χ1) is 9.09. The van der Waals surface area contributed by atoms with Gasteiger partial charge in [-0.15, -0.1) is 0 Å². The molecule has 3 heteroatoms. The second kappa shape index (κ2) is 4.26. The van der Waals surface area contributed by atoms with Gasteiger partial charge in [-0.25, -0.2) is 4.79 Å². The topological polar surface area (TPSA) is 42.2 Å². The third-order valence-electron chi connectivity index (χ3n) is 3.96. The Morgan fingerprint density at radius 1 is 1.16 bits per heavy atom. The fraction of sp³-hybridized carbons (Fsp3) is 0.312. The van der Waals surface area contributed by atoms with Crippen molar-refractivity contribution in [1.29, 1.82) is 0 Å². The van der Waals surface area contributed by atoms with Gasteiger partial charge in [0.2, 0.25) is 0 Å². The lowest BCUT2D eigenvalue weighted by molar-refractivity contribution is 0.0695. The average Bonchev–Trinajstić information content (AvgIpc) is 2.89. The van der Waals surface area contributed by atoms with Crippen LogP contribution in [0.3, 0.4) is 0 Å². The standard InChI is InChI=1S/C16H17NO2/c1-10-6-8-12(9-7-10)17-11(2)15(16(18)19)13-4-3-5-14(13)17/h6-9H,3-5H2,1-2H3,(H,18,19). The zero-order valence-electron chi connectivity index (χ0n) is 11.2. The summed E-state index contributed by atoms with van der Waals surface area (Å²) in [5, 5.41) is 9.42. The number of rotatable bonds is 2. The Balaban J connectivity index is 2.24. The van der Waals surface area contributed by atoms with Crippen molar-refractivity contribution in [2.45, 2.75) is 33.1 Å². The smallest absolute Gasteiger partial charge is 0.337 e. The largest absolute Gasteiger partial charge is 0.478 e. The third-order valence-corrected chi connectivity index (χ3v) is 3.96. The van der Waals surface area contributed by atoms with Crippen LogP contribution in [0, 0.1) is 13.8 Å². The molecule has 1 aromatic carbocycles. The predicted octanol–water partition coefficient (Wildman–Crippen LogP) is 3.28. The molecule has 0 fully saturated rings. The van der Waals surface area contributed by atoms with E-state index in [1.807, 2.05) is 6.92 Å². The van der Waals surface area contributed by atoms with Crippen LogP contribution in [-0.2, 0) is 12.8 Å². The van der Waals surface area contributed by atoms with Crippen LogP contribution in [0.5, 0.6) is 0 Å². The highest BCUT2D eigenvalue weighted by Gasteiger charge is 2.28. The van der Waals surface area contributed by atoms with E-state index in [1.165, 1.54) is 11.3 Å². The van der Waals surface area contributed by atoms with Gasteiger partial charge in [0.15, 0.2) is 0 Å². The number of aromatic nitrogens is 1. The van der Waals surface area contributed by atoms with Gasteiger partial charge < -0.3 is 9.67 Å². The van der Waals surface area contributed by atoms with Crippen LogP contribution in [0.4, 0.5) is 0 Å². The third kappa shape index (κ3) is 1.77. The number of nitrogens with zero attached hydrogens (tertiary/aromatic N) is 1. The molecule has 0 saturated carbocycles. The lowest BCUT2D eigenvalue weighted by atomic mass is 10.1. The zero-order chi connectivity index (χ0) is 13.6. The Hall–Kier alpha value is -2.03. The van der Waals surface area contributed by atoms with E-state index in [2.05, 4.69) is 35.8 Å². The van der Waals surface area contributed by atoms with Crippen LogP contribution in [-0.4, -0.2) is 15.6 Å². The molecule has 3 rings (SSSR count). The summed E-state index contributed by atoms with van der Waals surface area (Å²) in [4.78, 5) is 11.5. The summed E-state index contributed by atoms with van der Waals surface area (Å²) in [5.41, 5.74) is 5.84. The summed E-state index contributed by atoms with van der Waals surface area (Å²) in [5.74, 6) is -0.804. The molecule has 3 nitrogen and oxygen atoms in total. The summed E-state index contributed by atoms with van der Waals surface area (Å²) in [6.45, 7) is 3.96. The molecule has 0 radical (unpaired) electrons. The van der Waals surface area contributed by atoms with Gasteiger partial charge in [0.1, 0.15) is 0 Å². The van der Waals surface area contributed by atoms with Crippen LogP contribution >= 0.6 is 0 Å². The summed E-state index contributed by atoms with van der Waals surface area (Å²) >= 11 is 0. The molecule has 0 atom stereocenters. The molecule has 0 saturated heterocycles. The second-order valence-electron chi connectivity index (χ2n) is 5.22. The summed E-state index contributed by atoms with van der Waals surface area (Å²) in [6, 6.07) is 8.26. The fourth-order valence-corrected chi connectivity index (χ4v) is 3.10. The van der Waals surface area contributed by atoms with Crippen molar-refractivity contribution in [3.05, 3.63) is 52.3 Å². The minimum absolute atomic E-state index is 0.507.